The summed E-state index contributed by atoms with van der Waals surface area (Å²) in [6.45, 7) is 7.92. The molecule has 150 valence electrons. The molecule has 0 bridgehead atoms. The summed E-state index contributed by atoms with van der Waals surface area (Å²) in [5.41, 5.74) is 0.864. The maximum absolute atomic E-state index is 13.0. The van der Waals surface area contributed by atoms with Gasteiger partial charge >= 0.3 is 0 Å². The number of thiocarbonyl (C=S) groups is 1. The molecule has 6 nitrogen and oxygen atoms in total. The van der Waals surface area contributed by atoms with Crippen molar-refractivity contribution in [1.29, 1.82) is 0 Å². The van der Waals surface area contributed by atoms with E-state index in [0.29, 0.717) is 17.5 Å². The Morgan fingerprint density at radius 2 is 1.67 bits per heavy atom. The molecule has 3 N–H and O–H groups in total. The first kappa shape index (κ1) is 22.9. The van der Waals surface area contributed by atoms with E-state index in [2.05, 4.69) is 29.8 Å². The second-order valence-corrected chi connectivity index (χ2v) is 7.78. The minimum Gasteiger partial charge on any atom is -0.357 e. The number of hydrogen-bond acceptors (Lipinski definition) is 3. The number of hydrogen-bond donors (Lipinski definition) is 3. The van der Waals surface area contributed by atoms with Crippen molar-refractivity contribution in [1.82, 2.24) is 15.5 Å². The van der Waals surface area contributed by atoms with Crippen molar-refractivity contribution in [3.05, 3.63) is 30.3 Å². The van der Waals surface area contributed by atoms with E-state index in [0.717, 1.165) is 5.69 Å². The number of carbonyl (C=O) groups is 2. The van der Waals surface area contributed by atoms with Crippen molar-refractivity contribution >= 4 is 34.8 Å². The van der Waals surface area contributed by atoms with Crippen LogP contribution in [0.15, 0.2) is 30.3 Å². The fourth-order valence-corrected chi connectivity index (χ4v) is 2.95. The minimum atomic E-state index is -0.582. The number of para-hydroxylation sites is 1. The summed E-state index contributed by atoms with van der Waals surface area (Å²) in [4.78, 5) is 26.9. The number of nitrogens with zero attached hydrogens (tertiary/aromatic N) is 1. The molecule has 1 aromatic rings. The average Bonchev–Trinajstić information content (AvgIpc) is 2.63. The molecule has 0 fully saturated rings. The van der Waals surface area contributed by atoms with Gasteiger partial charge in [0.05, 0.1) is 0 Å². The Morgan fingerprint density at radius 1 is 1.07 bits per heavy atom. The molecule has 1 rings (SSSR count). The van der Waals surface area contributed by atoms with Crippen LogP contribution in [-0.4, -0.2) is 48.0 Å². The standard InChI is InChI=1S/C20H32N4O2S/c1-13(2)12-16(18(25)23-17(14(3)4)19(26)21-5)24(6)20(27)22-15-10-8-7-9-11-15/h7-11,13-14,16-17H,12H2,1-6H3,(H,21,26)(H,22,27)(H,23,25)/t16-,17-/m0/s1. The lowest BCUT2D eigenvalue weighted by atomic mass is 9.99. The van der Waals surface area contributed by atoms with E-state index in [9.17, 15) is 9.59 Å². The molecule has 27 heavy (non-hydrogen) atoms. The van der Waals surface area contributed by atoms with Gasteiger partial charge in [0.15, 0.2) is 5.11 Å². The molecule has 0 aliphatic heterocycles. The number of nitrogens with one attached hydrogen (secondary N) is 3. The molecule has 0 spiro atoms. The largest absolute Gasteiger partial charge is 0.357 e. The SMILES string of the molecule is CNC(=O)[C@@H](NC(=O)[C@H](CC(C)C)N(C)C(=S)Nc1ccccc1)C(C)C. The Labute approximate surface area is 168 Å². The number of anilines is 1. The molecule has 0 heterocycles. The van der Waals surface area contributed by atoms with E-state index >= 15 is 0 Å². The van der Waals surface area contributed by atoms with E-state index in [1.807, 2.05) is 44.2 Å². The summed E-state index contributed by atoms with van der Waals surface area (Å²) in [5, 5.41) is 9.12. The molecule has 1 aromatic carbocycles. The van der Waals surface area contributed by atoms with Crippen molar-refractivity contribution in [2.45, 2.75) is 46.2 Å². The molecule has 7 heteroatoms. The zero-order chi connectivity index (χ0) is 20.6. The fraction of sp³-hybridized carbons (Fsp3) is 0.550. The highest BCUT2D eigenvalue weighted by Gasteiger charge is 2.30. The molecular weight excluding hydrogens is 360 g/mol. The summed E-state index contributed by atoms with van der Waals surface area (Å²) < 4.78 is 0. The van der Waals surface area contributed by atoms with Crippen molar-refractivity contribution in [3.8, 4) is 0 Å². The number of benzene rings is 1. The molecule has 0 aromatic heterocycles. The van der Waals surface area contributed by atoms with Crippen molar-refractivity contribution in [3.63, 3.8) is 0 Å². The van der Waals surface area contributed by atoms with Gasteiger partial charge < -0.3 is 20.9 Å². The lowest BCUT2D eigenvalue weighted by Gasteiger charge is -2.32. The Bertz CT molecular complexity index is 634. The summed E-state index contributed by atoms with van der Waals surface area (Å²) in [6, 6.07) is 8.54. The molecule has 0 aliphatic rings. The number of rotatable bonds is 8. The second-order valence-electron chi connectivity index (χ2n) is 7.40. The highest BCUT2D eigenvalue weighted by atomic mass is 32.1. The molecule has 0 saturated heterocycles. The van der Waals surface area contributed by atoms with Crippen LogP contribution in [0.4, 0.5) is 5.69 Å². The first-order valence-corrected chi connectivity index (χ1v) is 9.69. The number of carbonyl (C=O) groups excluding carboxylic acids is 2. The fourth-order valence-electron chi connectivity index (χ4n) is 2.70. The van der Waals surface area contributed by atoms with Crippen LogP contribution in [0.5, 0.6) is 0 Å². The predicted molar refractivity (Wildman–Crippen MR) is 115 cm³/mol. The van der Waals surface area contributed by atoms with Gasteiger partial charge in [-0.25, -0.2) is 0 Å². The van der Waals surface area contributed by atoms with Crippen LogP contribution >= 0.6 is 12.2 Å². The maximum Gasteiger partial charge on any atom is 0.243 e. The zero-order valence-electron chi connectivity index (χ0n) is 17.1. The molecule has 2 amide bonds. The third-order valence-electron chi connectivity index (χ3n) is 4.30. The van der Waals surface area contributed by atoms with Crippen LogP contribution in [0.3, 0.4) is 0 Å². The zero-order valence-corrected chi connectivity index (χ0v) is 17.9. The van der Waals surface area contributed by atoms with Gasteiger partial charge in [-0.1, -0.05) is 45.9 Å². The number of likely N-dealkylation sites (N-methyl/N-ethyl adjacent to an activating group) is 2. The van der Waals surface area contributed by atoms with Gasteiger partial charge in [0.25, 0.3) is 0 Å². The highest BCUT2D eigenvalue weighted by Crippen LogP contribution is 2.15. The third kappa shape index (κ3) is 7.17. The van der Waals surface area contributed by atoms with Gasteiger partial charge in [-0.15, -0.1) is 0 Å². The van der Waals surface area contributed by atoms with E-state index in [1.165, 1.54) is 0 Å². The summed E-state index contributed by atoms with van der Waals surface area (Å²) in [5.74, 6) is -0.131. The summed E-state index contributed by atoms with van der Waals surface area (Å²) in [7, 11) is 3.37. The summed E-state index contributed by atoms with van der Waals surface area (Å²) >= 11 is 5.50. The van der Waals surface area contributed by atoms with Gasteiger partial charge in [0.1, 0.15) is 12.1 Å². The molecule has 0 unspecified atom stereocenters. The second kappa shape index (κ2) is 10.9. The lowest BCUT2D eigenvalue weighted by molar-refractivity contribution is -0.132. The van der Waals surface area contributed by atoms with Gasteiger partial charge in [-0.3, -0.25) is 9.59 Å². The van der Waals surface area contributed by atoms with Crippen LogP contribution in [-0.2, 0) is 9.59 Å². The van der Waals surface area contributed by atoms with Crippen LogP contribution in [0, 0.1) is 11.8 Å². The Morgan fingerprint density at radius 3 is 2.15 bits per heavy atom. The normalized spacial score (nSPS) is 13.0. The molecule has 0 aliphatic carbocycles. The van der Waals surface area contributed by atoms with E-state index < -0.39 is 12.1 Å². The average molecular weight is 393 g/mol. The Hall–Kier alpha value is -2.15. The van der Waals surface area contributed by atoms with Gasteiger partial charge in [0.2, 0.25) is 11.8 Å². The molecule has 0 saturated carbocycles. The van der Waals surface area contributed by atoms with E-state index in [-0.39, 0.29) is 17.7 Å². The van der Waals surface area contributed by atoms with Gasteiger partial charge in [0, 0.05) is 19.8 Å². The first-order chi connectivity index (χ1) is 12.7. The molecule has 2 atom stereocenters. The van der Waals surface area contributed by atoms with Crippen LogP contribution < -0.4 is 16.0 Å². The maximum atomic E-state index is 13.0. The third-order valence-corrected chi connectivity index (χ3v) is 4.69. The Kier molecular flexibility index (Phi) is 9.21. The van der Waals surface area contributed by atoms with Crippen molar-refractivity contribution < 1.29 is 9.59 Å². The van der Waals surface area contributed by atoms with Gasteiger partial charge in [-0.05, 0) is 42.6 Å². The van der Waals surface area contributed by atoms with Gasteiger partial charge in [-0.2, -0.15) is 0 Å². The molecule has 0 radical (unpaired) electrons. The van der Waals surface area contributed by atoms with E-state index in [1.54, 1.807) is 19.0 Å². The predicted octanol–water partition coefficient (Wildman–Crippen LogP) is 2.62. The van der Waals surface area contributed by atoms with Crippen molar-refractivity contribution in [2.75, 3.05) is 19.4 Å². The highest BCUT2D eigenvalue weighted by molar-refractivity contribution is 7.80. The Balaban J connectivity index is 2.93. The van der Waals surface area contributed by atoms with Crippen molar-refractivity contribution in [2.24, 2.45) is 11.8 Å². The van der Waals surface area contributed by atoms with Crippen LogP contribution in [0.2, 0.25) is 0 Å². The van der Waals surface area contributed by atoms with Crippen LogP contribution in [0.25, 0.3) is 0 Å². The monoisotopic (exact) mass is 392 g/mol. The summed E-state index contributed by atoms with van der Waals surface area (Å²) in [6.07, 6.45) is 0.623. The molecular formula is C20H32N4O2S. The number of amides is 2. The minimum absolute atomic E-state index is 0.0201. The lowest BCUT2D eigenvalue weighted by Crippen LogP contribution is -2.56. The smallest absolute Gasteiger partial charge is 0.243 e. The topological polar surface area (TPSA) is 73.5 Å². The quantitative estimate of drug-likeness (QED) is 0.593. The first-order valence-electron chi connectivity index (χ1n) is 9.28. The van der Waals surface area contributed by atoms with E-state index in [4.69, 9.17) is 12.2 Å². The van der Waals surface area contributed by atoms with Crippen LogP contribution in [0.1, 0.15) is 34.1 Å².